The van der Waals surface area contributed by atoms with Gasteiger partial charge in [0.25, 0.3) is 0 Å². The predicted molar refractivity (Wildman–Crippen MR) is 93.9 cm³/mol. The first-order valence-electron chi connectivity index (χ1n) is 7.84. The molecular formula is C18H26N2O2S. The molecule has 2 rings (SSSR count). The number of sulfonamides is 1. The lowest BCUT2D eigenvalue weighted by atomic mass is 10.1. The van der Waals surface area contributed by atoms with Crippen molar-refractivity contribution in [3.8, 4) is 0 Å². The summed E-state index contributed by atoms with van der Waals surface area (Å²) in [5.74, 6) is 0. The van der Waals surface area contributed by atoms with Gasteiger partial charge in [-0.2, -0.15) is 4.31 Å². The molecule has 0 saturated heterocycles. The van der Waals surface area contributed by atoms with Gasteiger partial charge in [-0.15, -0.1) is 0 Å². The Kier molecular flexibility index (Phi) is 5.01. The maximum absolute atomic E-state index is 13.3. The van der Waals surface area contributed by atoms with Gasteiger partial charge in [0.2, 0.25) is 10.0 Å². The predicted octanol–water partition coefficient (Wildman–Crippen LogP) is 3.55. The molecule has 0 bridgehead atoms. The average molecular weight is 334 g/mol. The average Bonchev–Trinajstić information content (AvgIpc) is 2.79. The van der Waals surface area contributed by atoms with Crippen molar-refractivity contribution in [2.75, 3.05) is 0 Å². The smallest absolute Gasteiger partial charge is 0.244 e. The van der Waals surface area contributed by atoms with Crippen molar-refractivity contribution in [3.05, 3.63) is 52.8 Å². The SMILES string of the molecule is Cc1cc(C)c(S(=O)(=O)N(Cc2cccn2C)C(C)C)c(C)c1. The van der Waals surface area contributed by atoms with Gasteiger partial charge in [-0.25, -0.2) is 8.42 Å². The first-order valence-corrected chi connectivity index (χ1v) is 9.28. The summed E-state index contributed by atoms with van der Waals surface area (Å²) in [5.41, 5.74) is 3.67. The van der Waals surface area contributed by atoms with E-state index in [0.717, 1.165) is 22.4 Å². The monoisotopic (exact) mass is 334 g/mol. The summed E-state index contributed by atoms with van der Waals surface area (Å²) in [6, 6.07) is 7.64. The molecule has 0 fully saturated rings. The summed E-state index contributed by atoms with van der Waals surface area (Å²) in [7, 11) is -1.62. The van der Waals surface area contributed by atoms with Gasteiger partial charge in [-0.05, 0) is 57.9 Å². The Morgan fingerprint density at radius 2 is 1.70 bits per heavy atom. The number of aromatic nitrogens is 1. The Morgan fingerprint density at radius 3 is 2.13 bits per heavy atom. The molecule has 4 nitrogen and oxygen atoms in total. The molecule has 1 heterocycles. The van der Waals surface area contributed by atoms with Crippen LogP contribution in [0.5, 0.6) is 0 Å². The zero-order valence-corrected chi connectivity index (χ0v) is 15.6. The topological polar surface area (TPSA) is 42.3 Å². The first kappa shape index (κ1) is 17.8. The number of rotatable bonds is 5. The van der Waals surface area contributed by atoms with Gasteiger partial charge in [0, 0.05) is 25.0 Å². The van der Waals surface area contributed by atoms with E-state index in [0.29, 0.717) is 11.4 Å². The van der Waals surface area contributed by atoms with E-state index >= 15 is 0 Å². The highest BCUT2D eigenvalue weighted by molar-refractivity contribution is 7.89. The van der Waals surface area contributed by atoms with Crippen LogP contribution in [0.1, 0.15) is 36.2 Å². The van der Waals surface area contributed by atoms with Crippen LogP contribution in [0.25, 0.3) is 0 Å². The fraction of sp³-hybridized carbons (Fsp3) is 0.444. The molecule has 126 valence electrons. The van der Waals surface area contributed by atoms with E-state index in [1.807, 2.05) is 76.7 Å². The minimum absolute atomic E-state index is 0.116. The van der Waals surface area contributed by atoms with Crippen LogP contribution in [-0.4, -0.2) is 23.3 Å². The van der Waals surface area contributed by atoms with Crippen molar-refractivity contribution in [1.82, 2.24) is 8.87 Å². The van der Waals surface area contributed by atoms with Crippen molar-refractivity contribution >= 4 is 10.0 Å². The summed E-state index contributed by atoms with van der Waals surface area (Å²) >= 11 is 0. The lowest BCUT2D eigenvalue weighted by Crippen LogP contribution is -2.37. The highest BCUT2D eigenvalue weighted by Crippen LogP contribution is 2.27. The van der Waals surface area contributed by atoms with Gasteiger partial charge in [-0.1, -0.05) is 17.7 Å². The second kappa shape index (κ2) is 6.49. The Bertz CT molecular complexity index is 781. The van der Waals surface area contributed by atoms with E-state index in [2.05, 4.69) is 0 Å². The van der Waals surface area contributed by atoms with Gasteiger partial charge < -0.3 is 4.57 Å². The Hall–Kier alpha value is -1.59. The minimum atomic E-state index is -3.55. The quantitative estimate of drug-likeness (QED) is 0.839. The van der Waals surface area contributed by atoms with Crippen molar-refractivity contribution in [2.45, 2.75) is 52.1 Å². The molecule has 0 radical (unpaired) electrons. The second-order valence-electron chi connectivity index (χ2n) is 6.48. The third kappa shape index (κ3) is 3.51. The molecule has 0 unspecified atom stereocenters. The van der Waals surface area contributed by atoms with E-state index in [1.54, 1.807) is 4.31 Å². The van der Waals surface area contributed by atoms with Crippen LogP contribution < -0.4 is 0 Å². The largest absolute Gasteiger partial charge is 0.353 e. The van der Waals surface area contributed by atoms with E-state index in [-0.39, 0.29) is 6.04 Å². The van der Waals surface area contributed by atoms with Crippen molar-refractivity contribution < 1.29 is 8.42 Å². The first-order chi connectivity index (χ1) is 10.6. The molecule has 0 saturated carbocycles. The normalized spacial score (nSPS) is 12.3. The lowest BCUT2D eigenvalue weighted by Gasteiger charge is -2.28. The Morgan fingerprint density at radius 1 is 1.13 bits per heavy atom. The van der Waals surface area contributed by atoms with E-state index in [4.69, 9.17) is 0 Å². The second-order valence-corrected chi connectivity index (χ2v) is 8.31. The third-order valence-corrected chi connectivity index (χ3v) is 6.44. The maximum Gasteiger partial charge on any atom is 0.244 e. The number of hydrogen-bond donors (Lipinski definition) is 0. The molecule has 0 atom stereocenters. The Labute approximate surface area is 139 Å². The van der Waals surface area contributed by atoms with Gasteiger partial charge in [0.15, 0.2) is 0 Å². The zero-order chi connectivity index (χ0) is 17.4. The molecule has 23 heavy (non-hydrogen) atoms. The standard InChI is InChI=1S/C18H26N2O2S/c1-13(2)20(12-17-8-7-9-19(17)6)23(21,22)18-15(4)10-14(3)11-16(18)5/h7-11,13H,12H2,1-6H3. The summed E-state index contributed by atoms with van der Waals surface area (Å²) in [6.07, 6.45) is 1.93. The molecular weight excluding hydrogens is 308 g/mol. The molecule has 0 aliphatic rings. The van der Waals surface area contributed by atoms with Gasteiger partial charge in [0.05, 0.1) is 11.4 Å². The molecule has 1 aromatic heterocycles. The molecule has 0 N–H and O–H groups in total. The number of benzene rings is 1. The molecule has 0 aliphatic carbocycles. The third-order valence-electron chi connectivity index (χ3n) is 4.12. The van der Waals surface area contributed by atoms with E-state index < -0.39 is 10.0 Å². The fourth-order valence-electron chi connectivity index (χ4n) is 3.06. The van der Waals surface area contributed by atoms with Crippen molar-refractivity contribution in [2.24, 2.45) is 7.05 Å². The van der Waals surface area contributed by atoms with Crippen LogP contribution in [0.2, 0.25) is 0 Å². The molecule has 0 amide bonds. The summed E-state index contributed by atoms with van der Waals surface area (Å²) in [5, 5.41) is 0. The van der Waals surface area contributed by atoms with Crippen LogP contribution in [0, 0.1) is 20.8 Å². The van der Waals surface area contributed by atoms with Crippen molar-refractivity contribution in [1.29, 1.82) is 0 Å². The molecule has 0 aliphatic heterocycles. The van der Waals surface area contributed by atoms with Gasteiger partial charge in [0.1, 0.15) is 0 Å². The molecule has 5 heteroatoms. The summed E-state index contributed by atoms with van der Waals surface area (Å²) in [6.45, 7) is 9.93. The number of nitrogens with zero attached hydrogens (tertiary/aromatic N) is 2. The molecule has 2 aromatic rings. The van der Waals surface area contributed by atoms with Crippen LogP contribution in [-0.2, 0) is 23.6 Å². The van der Waals surface area contributed by atoms with Gasteiger partial charge in [-0.3, -0.25) is 0 Å². The lowest BCUT2D eigenvalue weighted by molar-refractivity contribution is 0.341. The van der Waals surface area contributed by atoms with Crippen molar-refractivity contribution in [3.63, 3.8) is 0 Å². The van der Waals surface area contributed by atoms with Crippen LogP contribution in [0.15, 0.2) is 35.4 Å². The maximum atomic E-state index is 13.3. The highest BCUT2D eigenvalue weighted by Gasteiger charge is 2.30. The molecule has 1 aromatic carbocycles. The van der Waals surface area contributed by atoms with Gasteiger partial charge >= 0.3 is 0 Å². The Balaban J connectivity index is 2.52. The summed E-state index contributed by atoms with van der Waals surface area (Å²) in [4.78, 5) is 0.436. The van der Waals surface area contributed by atoms with Crippen LogP contribution in [0.4, 0.5) is 0 Å². The minimum Gasteiger partial charge on any atom is -0.353 e. The summed E-state index contributed by atoms with van der Waals surface area (Å²) < 4.78 is 30.1. The molecule has 0 spiro atoms. The van der Waals surface area contributed by atoms with Crippen LogP contribution >= 0.6 is 0 Å². The fourth-order valence-corrected chi connectivity index (χ4v) is 5.08. The van der Waals surface area contributed by atoms with Crippen LogP contribution in [0.3, 0.4) is 0 Å². The number of hydrogen-bond acceptors (Lipinski definition) is 2. The van der Waals surface area contributed by atoms with E-state index in [9.17, 15) is 8.42 Å². The van der Waals surface area contributed by atoms with E-state index in [1.165, 1.54) is 0 Å². The highest BCUT2D eigenvalue weighted by atomic mass is 32.2. The number of aryl methyl sites for hydroxylation is 4. The zero-order valence-electron chi connectivity index (χ0n) is 14.8.